The van der Waals surface area contributed by atoms with E-state index in [1.54, 1.807) is 6.26 Å². The maximum absolute atomic E-state index is 12.4. The normalized spacial score (nSPS) is 40.6. The highest BCUT2D eigenvalue weighted by Crippen LogP contribution is 2.66. The van der Waals surface area contributed by atoms with Crippen LogP contribution in [0, 0.1) is 16.7 Å². The summed E-state index contributed by atoms with van der Waals surface area (Å²) in [6.07, 6.45) is 4.89. The van der Waals surface area contributed by atoms with Gasteiger partial charge in [-0.15, -0.1) is 0 Å². The molecule has 3 rings (SSSR count). The van der Waals surface area contributed by atoms with Crippen LogP contribution in [-0.4, -0.2) is 13.1 Å². The van der Waals surface area contributed by atoms with Crippen molar-refractivity contribution >= 4 is 5.97 Å². The average molecular weight is 262 g/mol. The summed E-state index contributed by atoms with van der Waals surface area (Å²) in [6.45, 7) is 6.87. The van der Waals surface area contributed by atoms with Crippen molar-refractivity contribution in [2.75, 3.05) is 7.11 Å². The Bertz CT molecular complexity index is 518. The molecule has 0 aliphatic heterocycles. The maximum atomic E-state index is 12.4. The number of rotatable bonds is 1. The molecule has 1 aromatic rings. The van der Waals surface area contributed by atoms with Crippen molar-refractivity contribution in [1.82, 2.24) is 0 Å². The molecule has 0 aromatic carbocycles. The Morgan fingerprint density at radius 3 is 2.84 bits per heavy atom. The zero-order valence-corrected chi connectivity index (χ0v) is 12.2. The lowest BCUT2D eigenvalue weighted by Crippen LogP contribution is -2.48. The molecule has 0 amide bonds. The molecule has 0 saturated heterocycles. The third-order valence-electron chi connectivity index (χ3n) is 6.18. The first-order valence-electron chi connectivity index (χ1n) is 7.08. The number of esters is 1. The lowest BCUT2D eigenvalue weighted by Gasteiger charge is -2.50. The zero-order chi connectivity index (χ0) is 13.8. The molecule has 1 saturated carbocycles. The van der Waals surface area contributed by atoms with Crippen molar-refractivity contribution in [2.45, 2.75) is 46.0 Å². The highest BCUT2D eigenvalue weighted by molar-refractivity contribution is 5.80. The van der Waals surface area contributed by atoms with E-state index in [1.807, 2.05) is 6.07 Å². The van der Waals surface area contributed by atoms with Gasteiger partial charge in [0.15, 0.2) is 0 Å². The van der Waals surface area contributed by atoms with Crippen molar-refractivity contribution < 1.29 is 13.9 Å². The summed E-state index contributed by atoms with van der Waals surface area (Å²) in [5.41, 5.74) is 1.12. The second-order valence-electron chi connectivity index (χ2n) is 6.71. The molecule has 1 heterocycles. The van der Waals surface area contributed by atoms with Gasteiger partial charge < -0.3 is 9.15 Å². The number of hydrogen-bond acceptors (Lipinski definition) is 3. The van der Waals surface area contributed by atoms with Crippen LogP contribution in [0.4, 0.5) is 0 Å². The molecule has 4 atom stereocenters. The molecule has 1 aromatic heterocycles. The predicted octanol–water partition coefficient (Wildman–Crippen LogP) is 3.53. The summed E-state index contributed by atoms with van der Waals surface area (Å²) in [6, 6.07) is 1.95. The van der Waals surface area contributed by atoms with E-state index < -0.39 is 0 Å². The third kappa shape index (κ3) is 1.41. The summed E-state index contributed by atoms with van der Waals surface area (Å²) in [5.74, 6) is 1.27. The fourth-order valence-corrected chi connectivity index (χ4v) is 4.47. The average Bonchev–Trinajstić information content (AvgIpc) is 2.91. The van der Waals surface area contributed by atoms with Crippen LogP contribution in [0.25, 0.3) is 0 Å². The standard InChI is InChI=1S/C16H22O3/c1-10-5-7-15(2)13(14(17)18-4)11-6-8-19-12(11)9-16(10,15)3/h6,8,10,13H,5,7,9H2,1-4H3. The van der Waals surface area contributed by atoms with E-state index in [4.69, 9.17) is 9.15 Å². The maximum Gasteiger partial charge on any atom is 0.313 e. The topological polar surface area (TPSA) is 39.4 Å². The summed E-state index contributed by atoms with van der Waals surface area (Å²) in [4.78, 5) is 12.4. The van der Waals surface area contributed by atoms with E-state index in [-0.39, 0.29) is 22.7 Å². The highest BCUT2D eigenvalue weighted by atomic mass is 16.5. The number of carbonyl (C=O) groups excluding carboxylic acids is 1. The minimum atomic E-state index is -0.185. The first-order chi connectivity index (χ1) is 8.94. The van der Waals surface area contributed by atoms with Crippen LogP contribution in [0.2, 0.25) is 0 Å². The highest BCUT2D eigenvalue weighted by Gasteiger charge is 2.62. The molecule has 0 bridgehead atoms. The van der Waals surface area contributed by atoms with Gasteiger partial charge in [-0.25, -0.2) is 0 Å². The van der Waals surface area contributed by atoms with Crippen LogP contribution in [0.15, 0.2) is 16.7 Å². The molecule has 0 radical (unpaired) electrons. The van der Waals surface area contributed by atoms with E-state index in [1.165, 1.54) is 13.5 Å². The van der Waals surface area contributed by atoms with E-state index in [0.717, 1.165) is 24.2 Å². The molecule has 3 heteroatoms. The molecule has 2 aliphatic rings. The van der Waals surface area contributed by atoms with Gasteiger partial charge in [-0.1, -0.05) is 20.8 Å². The van der Waals surface area contributed by atoms with E-state index in [9.17, 15) is 4.79 Å². The molecular weight excluding hydrogens is 240 g/mol. The summed E-state index contributed by atoms with van der Waals surface area (Å²) < 4.78 is 10.7. The largest absolute Gasteiger partial charge is 0.469 e. The first-order valence-corrected chi connectivity index (χ1v) is 7.08. The third-order valence-corrected chi connectivity index (χ3v) is 6.18. The van der Waals surface area contributed by atoms with Gasteiger partial charge in [-0.05, 0) is 35.7 Å². The van der Waals surface area contributed by atoms with Crippen LogP contribution < -0.4 is 0 Å². The van der Waals surface area contributed by atoms with Gasteiger partial charge in [0.2, 0.25) is 0 Å². The van der Waals surface area contributed by atoms with E-state index >= 15 is 0 Å². The van der Waals surface area contributed by atoms with Gasteiger partial charge in [-0.2, -0.15) is 0 Å². The molecule has 0 spiro atoms. The number of ether oxygens (including phenoxy) is 1. The summed E-state index contributed by atoms with van der Waals surface area (Å²) in [5, 5.41) is 0. The molecule has 1 fully saturated rings. The van der Waals surface area contributed by atoms with Gasteiger partial charge in [-0.3, -0.25) is 4.79 Å². The minimum Gasteiger partial charge on any atom is -0.469 e. The Morgan fingerprint density at radius 2 is 2.16 bits per heavy atom. The number of carbonyl (C=O) groups is 1. The van der Waals surface area contributed by atoms with Crippen LogP contribution in [0.3, 0.4) is 0 Å². The van der Waals surface area contributed by atoms with E-state index in [0.29, 0.717) is 5.92 Å². The van der Waals surface area contributed by atoms with Crippen LogP contribution in [0.1, 0.15) is 50.9 Å². The lowest BCUT2D eigenvalue weighted by molar-refractivity contribution is -0.149. The zero-order valence-electron chi connectivity index (χ0n) is 12.2. The number of furan rings is 1. The van der Waals surface area contributed by atoms with Crippen molar-refractivity contribution in [1.29, 1.82) is 0 Å². The molecular formula is C16H22O3. The molecule has 104 valence electrons. The molecule has 3 nitrogen and oxygen atoms in total. The Morgan fingerprint density at radius 1 is 1.42 bits per heavy atom. The van der Waals surface area contributed by atoms with Crippen molar-refractivity contribution in [3.05, 3.63) is 23.7 Å². The van der Waals surface area contributed by atoms with Gasteiger partial charge in [0.25, 0.3) is 0 Å². The second kappa shape index (κ2) is 3.87. The SMILES string of the molecule is COC(=O)C1c2ccoc2CC2(C)C(C)CCC12C. The Balaban J connectivity index is 2.18. The Kier molecular flexibility index (Phi) is 2.60. The predicted molar refractivity (Wildman–Crippen MR) is 71.8 cm³/mol. The molecule has 4 unspecified atom stereocenters. The van der Waals surface area contributed by atoms with E-state index in [2.05, 4.69) is 20.8 Å². The van der Waals surface area contributed by atoms with Crippen molar-refractivity contribution in [2.24, 2.45) is 16.7 Å². The number of fused-ring (bicyclic) bond motifs is 2. The monoisotopic (exact) mass is 262 g/mol. The number of methoxy groups -OCH3 is 1. The van der Waals surface area contributed by atoms with Crippen LogP contribution >= 0.6 is 0 Å². The van der Waals surface area contributed by atoms with Crippen molar-refractivity contribution in [3.8, 4) is 0 Å². The summed E-state index contributed by atoms with van der Waals surface area (Å²) in [7, 11) is 1.48. The molecule has 19 heavy (non-hydrogen) atoms. The molecule has 2 aliphatic carbocycles. The van der Waals surface area contributed by atoms with Crippen LogP contribution in [0.5, 0.6) is 0 Å². The van der Waals surface area contributed by atoms with Gasteiger partial charge >= 0.3 is 5.97 Å². The fraction of sp³-hybridized carbons (Fsp3) is 0.688. The van der Waals surface area contributed by atoms with Gasteiger partial charge in [0, 0.05) is 12.0 Å². The van der Waals surface area contributed by atoms with Crippen LogP contribution in [-0.2, 0) is 16.0 Å². The first kappa shape index (κ1) is 12.8. The Hall–Kier alpha value is -1.25. The minimum absolute atomic E-state index is 0.0314. The quantitative estimate of drug-likeness (QED) is 0.727. The van der Waals surface area contributed by atoms with Crippen molar-refractivity contribution in [3.63, 3.8) is 0 Å². The van der Waals surface area contributed by atoms with Gasteiger partial charge in [0.05, 0.1) is 19.3 Å². The fourth-order valence-electron chi connectivity index (χ4n) is 4.47. The lowest BCUT2D eigenvalue weighted by atomic mass is 9.53. The van der Waals surface area contributed by atoms with Gasteiger partial charge in [0.1, 0.15) is 5.76 Å². The second-order valence-corrected chi connectivity index (χ2v) is 6.71. The number of hydrogen-bond donors (Lipinski definition) is 0. The summed E-state index contributed by atoms with van der Waals surface area (Å²) >= 11 is 0. The Labute approximate surface area is 114 Å². The molecule has 0 N–H and O–H groups in total. The smallest absolute Gasteiger partial charge is 0.313 e.